The Hall–Kier alpha value is -5.59. The van der Waals surface area contributed by atoms with Crippen LogP contribution >= 0.6 is 0 Å². The standard InChI is InChI=1S/C37H21NO2/c38-22-23-9-11-24(12-10-23)27-17-28(25-14-16-36-33(20-25)31-6-2-4-8-35(31)39-36)19-29(18-27)26-13-15-32-30-5-1-3-7-34(30)40-37(32)21-26/h1-21H. The number of nitriles is 1. The first kappa shape index (κ1) is 22.4. The second kappa shape index (κ2) is 8.73. The van der Waals surface area contributed by atoms with E-state index < -0.39 is 0 Å². The lowest BCUT2D eigenvalue weighted by Crippen LogP contribution is -1.87. The Kier molecular flexibility index (Phi) is 4.89. The van der Waals surface area contributed by atoms with Gasteiger partial charge >= 0.3 is 0 Å². The van der Waals surface area contributed by atoms with E-state index in [1.54, 1.807) is 0 Å². The third-order valence-electron chi connectivity index (χ3n) is 7.70. The first-order valence-electron chi connectivity index (χ1n) is 13.2. The number of rotatable bonds is 3. The summed E-state index contributed by atoms with van der Waals surface area (Å²) < 4.78 is 12.3. The fourth-order valence-electron chi connectivity index (χ4n) is 5.68. The van der Waals surface area contributed by atoms with Gasteiger partial charge in [0, 0.05) is 21.5 Å². The van der Waals surface area contributed by atoms with Crippen LogP contribution in [0.25, 0.3) is 77.3 Å². The molecule has 186 valence electrons. The van der Waals surface area contributed by atoms with Crippen molar-refractivity contribution in [1.82, 2.24) is 0 Å². The number of fused-ring (bicyclic) bond motifs is 6. The molecule has 2 aromatic heterocycles. The lowest BCUT2D eigenvalue weighted by Gasteiger charge is -2.12. The fourth-order valence-corrected chi connectivity index (χ4v) is 5.68. The van der Waals surface area contributed by atoms with Crippen LogP contribution in [-0.4, -0.2) is 0 Å². The summed E-state index contributed by atoms with van der Waals surface area (Å²) in [4.78, 5) is 0. The number of hydrogen-bond donors (Lipinski definition) is 0. The molecule has 0 aliphatic rings. The average molecular weight is 512 g/mol. The molecule has 3 nitrogen and oxygen atoms in total. The Balaban J connectivity index is 1.33. The number of furan rings is 2. The van der Waals surface area contributed by atoms with E-state index in [9.17, 15) is 5.26 Å². The minimum atomic E-state index is 0.646. The van der Waals surface area contributed by atoms with Crippen LogP contribution in [0, 0.1) is 11.3 Å². The third kappa shape index (κ3) is 3.59. The molecule has 0 fully saturated rings. The third-order valence-corrected chi connectivity index (χ3v) is 7.70. The average Bonchev–Trinajstić information content (AvgIpc) is 3.58. The van der Waals surface area contributed by atoms with Crippen LogP contribution in [0.4, 0.5) is 0 Å². The number of hydrogen-bond acceptors (Lipinski definition) is 3. The zero-order valence-corrected chi connectivity index (χ0v) is 21.4. The minimum Gasteiger partial charge on any atom is -0.456 e. The van der Waals surface area contributed by atoms with Crippen molar-refractivity contribution in [1.29, 1.82) is 5.26 Å². The largest absolute Gasteiger partial charge is 0.456 e. The second-order valence-corrected chi connectivity index (χ2v) is 10.1. The molecule has 0 spiro atoms. The zero-order valence-electron chi connectivity index (χ0n) is 21.4. The molecule has 0 atom stereocenters. The molecular formula is C37H21NO2. The normalized spacial score (nSPS) is 11.5. The van der Waals surface area contributed by atoms with Gasteiger partial charge in [-0.15, -0.1) is 0 Å². The monoisotopic (exact) mass is 511 g/mol. The highest BCUT2D eigenvalue weighted by Gasteiger charge is 2.13. The van der Waals surface area contributed by atoms with Gasteiger partial charge in [-0.2, -0.15) is 5.26 Å². The Bertz CT molecular complexity index is 2280. The zero-order chi connectivity index (χ0) is 26.6. The minimum absolute atomic E-state index is 0.646. The van der Waals surface area contributed by atoms with Crippen LogP contribution in [-0.2, 0) is 0 Å². The van der Waals surface area contributed by atoms with Crippen molar-refractivity contribution in [3.63, 3.8) is 0 Å². The van der Waals surface area contributed by atoms with Crippen molar-refractivity contribution in [2.75, 3.05) is 0 Å². The summed E-state index contributed by atoms with van der Waals surface area (Å²) in [7, 11) is 0. The quantitative estimate of drug-likeness (QED) is 0.237. The molecule has 0 radical (unpaired) electrons. The molecule has 2 heterocycles. The van der Waals surface area contributed by atoms with Crippen molar-refractivity contribution in [2.45, 2.75) is 0 Å². The van der Waals surface area contributed by atoms with Crippen LogP contribution in [0.3, 0.4) is 0 Å². The first-order chi connectivity index (χ1) is 19.7. The van der Waals surface area contributed by atoms with Crippen LogP contribution in [0.1, 0.15) is 5.56 Å². The van der Waals surface area contributed by atoms with E-state index in [4.69, 9.17) is 8.83 Å². The van der Waals surface area contributed by atoms with Crippen LogP contribution in [0.5, 0.6) is 0 Å². The topological polar surface area (TPSA) is 50.1 Å². The summed E-state index contributed by atoms with van der Waals surface area (Å²) in [6.07, 6.45) is 0. The van der Waals surface area contributed by atoms with Gasteiger partial charge in [0.1, 0.15) is 22.3 Å². The second-order valence-electron chi connectivity index (χ2n) is 10.1. The molecule has 0 aliphatic carbocycles. The number of para-hydroxylation sites is 2. The Morgan fingerprint density at radius 2 is 0.875 bits per heavy atom. The number of nitrogens with zero attached hydrogens (tertiary/aromatic N) is 1. The van der Waals surface area contributed by atoms with Crippen LogP contribution in [0.2, 0.25) is 0 Å². The van der Waals surface area contributed by atoms with Crippen molar-refractivity contribution in [2.24, 2.45) is 0 Å². The van der Waals surface area contributed by atoms with Crippen molar-refractivity contribution < 1.29 is 8.83 Å². The van der Waals surface area contributed by atoms with Gasteiger partial charge in [-0.05, 0) is 100 Å². The van der Waals surface area contributed by atoms with Gasteiger partial charge in [0.15, 0.2) is 0 Å². The molecule has 0 amide bonds. The molecule has 0 N–H and O–H groups in total. The van der Waals surface area contributed by atoms with Gasteiger partial charge in [-0.25, -0.2) is 0 Å². The first-order valence-corrected chi connectivity index (χ1v) is 13.2. The fraction of sp³-hybridized carbons (Fsp3) is 0. The van der Waals surface area contributed by atoms with Crippen molar-refractivity contribution in [3.05, 3.63) is 133 Å². The van der Waals surface area contributed by atoms with Gasteiger partial charge in [0.05, 0.1) is 11.6 Å². The molecule has 8 aromatic rings. The molecule has 0 aliphatic heterocycles. The smallest absolute Gasteiger partial charge is 0.136 e. The number of benzene rings is 6. The van der Waals surface area contributed by atoms with Crippen molar-refractivity contribution in [3.8, 4) is 39.4 Å². The van der Waals surface area contributed by atoms with E-state index in [0.29, 0.717) is 5.56 Å². The van der Waals surface area contributed by atoms with E-state index in [-0.39, 0.29) is 0 Å². The predicted octanol–water partition coefficient (Wildman–Crippen LogP) is 10.4. The maximum Gasteiger partial charge on any atom is 0.136 e. The molecule has 8 rings (SSSR count). The van der Waals surface area contributed by atoms with Gasteiger partial charge in [-0.1, -0.05) is 60.7 Å². The van der Waals surface area contributed by atoms with E-state index in [0.717, 1.165) is 77.3 Å². The van der Waals surface area contributed by atoms with Crippen LogP contribution in [0.15, 0.2) is 136 Å². The van der Waals surface area contributed by atoms with Crippen molar-refractivity contribution >= 4 is 43.9 Å². The lowest BCUT2D eigenvalue weighted by molar-refractivity contribution is 0.668. The Morgan fingerprint density at radius 1 is 0.375 bits per heavy atom. The van der Waals surface area contributed by atoms with Gasteiger partial charge < -0.3 is 8.83 Å². The predicted molar refractivity (Wildman–Crippen MR) is 162 cm³/mol. The Morgan fingerprint density at radius 3 is 1.57 bits per heavy atom. The maximum absolute atomic E-state index is 9.30. The van der Waals surface area contributed by atoms with E-state index in [2.05, 4.69) is 72.8 Å². The molecule has 6 aromatic carbocycles. The van der Waals surface area contributed by atoms with E-state index in [1.165, 1.54) is 0 Å². The van der Waals surface area contributed by atoms with Gasteiger partial charge in [0.2, 0.25) is 0 Å². The summed E-state index contributed by atoms with van der Waals surface area (Å²) in [5, 5.41) is 13.7. The SMILES string of the molecule is N#Cc1ccc(-c2cc(-c3ccc4c(c3)oc3ccccc34)cc(-c3ccc4oc5ccccc5c4c3)c2)cc1. The highest BCUT2D eigenvalue weighted by atomic mass is 16.3. The van der Waals surface area contributed by atoms with E-state index in [1.807, 2.05) is 60.7 Å². The molecule has 40 heavy (non-hydrogen) atoms. The van der Waals surface area contributed by atoms with Gasteiger partial charge in [0.25, 0.3) is 0 Å². The highest BCUT2D eigenvalue weighted by molar-refractivity contribution is 6.07. The summed E-state index contributed by atoms with van der Waals surface area (Å²) in [6.45, 7) is 0. The molecular weight excluding hydrogens is 490 g/mol. The Labute approximate surface area is 230 Å². The lowest BCUT2D eigenvalue weighted by atomic mass is 9.92. The molecule has 0 bridgehead atoms. The summed E-state index contributed by atoms with van der Waals surface area (Å²) in [6, 6.07) is 45.8. The molecule has 0 unspecified atom stereocenters. The molecule has 3 heteroatoms. The summed E-state index contributed by atoms with van der Waals surface area (Å²) in [5.41, 5.74) is 10.7. The van der Waals surface area contributed by atoms with Crippen LogP contribution < -0.4 is 0 Å². The highest BCUT2D eigenvalue weighted by Crippen LogP contribution is 2.38. The van der Waals surface area contributed by atoms with E-state index >= 15 is 0 Å². The summed E-state index contributed by atoms with van der Waals surface area (Å²) in [5.74, 6) is 0. The molecule has 0 saturated carbocycles. The molecule has 0 saturated heterocycles. The van der Waals surface area contributed by atoms with Gasteiger partial charge in [-0.3, -0.25) is 0 Å². The maximum atomic E-state index is 9.30. The summed E-state index contributed by atoms with van der Waals surface area (Å²) >= 11 is 0.